The Balaban J connectivity index is 2.72. The predicted molar refractivity (Wildman–Crippen MR) is 87.6 cm³/mol. The maximum atomic E-state index is 14.9. The van der Waals surface area contributed by atoms with E-state index in [4.69, 9.17) is 15.2 Å². The predicted octanol–water partition coefficient (Wildman–Crippen LogP) is 2.65. The van der Waals surface area contributed by atoms with Crippen molar-refractivity contribution in [3.63, 3.8) is 0 Å². The fourth-order valence-corrected chi connectivity index (χ4v) is 2.57. The Morgan fingerprint density at radius 2 is 1.83 bits per heavy atom. The number of nitrogens with zero attached hydrogens (tertiary/aromatic N) is 1. The maximum absolute atomic E-state index is 14.9. The lowest BCUT2D eigenvalue weighted by Crippen LogP contribution is -2.21. The first-order valence-electron chi connectivity index (χ1n) is 7.83. The second-order valence-corrected chi connectivity index (χ2v) is 5.29. The van der Waals surface area contributed by atoms with Crippen molar-refractivity contribution in [2.75, 3.05) is 19.8 Å². The molecule has 2 rings (SSSR count). The van der Waals surface area contributed by atoms with Gasteiger partial charge in [-0.3, -0.25) is 0 Å². The minimum absolute atomic E-state index is 0.140. The van der Waals surface area contributed by atoms with Crippen LogP contribution in [-0.2, 0) is 9.47 Å². The monoisotopic (exact) mass is 336 g/mol. The average molecular weight is 336 g/mol. The Morgan fingerprint density at radius 1 is 1.21 bits per heavy atom. The highest BCUT2D eigenvalue weighted by Gasteiger charge is 2.25. The van der Waals surface area contributed by atoms with Gasteiger partial charge in [0.25, 0.3) is 0 Å². The van der Waals surface area contributed by atoms with Gasteiger partial charge in [-0.2, -0.15) is 0 Å². The first kappa shape index (κ1) is 17.9. The van der Waals surface area contributed by atoms with Gasteiger partial charge >= 0.3 is 11.9 Å². The Hall–Kier alpha value is -2.41. The summed E-state index contributed by atoms with van der Waals surface area (Å²) in [7, 11) is 0. The van der Waals surface area contributed by atoms with E-state index in [1.807, 2.05) is 0 Å². The SMILES string of the molecule is CCOC(=O)c1ccc2cc(C(=O)OCC)n(C(C)CN)c2c1F. The Labute approximate surface area is 139 Å². The number of ether oxygens (including phenoxy) is 2. The molecule has 1 unspecified atom stereocenters. The molecule has 0 aliphatic rings. The number of carbonyl (C=O) groups is 2. The van der Waals surface area contributed by atoms with Crippen LogP contribution < -0.4 is 5.73 Å². The van der Waals surface area contributed by atoms with Crippen molar-refractivity contribution in [1.82, 2.24) is 4.57 Å². The number of nitrogens with two attached hydrogens (primary N) is 1. The third-order valence-corrected chi connectivity index (χ3v) is 3.70. The second-order valence-electron chi connectivity index (χ2n) is 5.29. The van der Waals surface area contributed by atoms with E-state index in [1.165, 1.54) is 16.7 Å². The van der Waals surface area contributed by atoms with Crippen molar-refractivity contribution >= 4 is 22.8 Å². The van der Waals surface area contributed by atoms with Crippen LogP contribution in [0.2, 0.25) is 0 Å². The standard InChI is InChI=1S/C17H21FN2O4/c1-4-23-16(21)12-7-6-11-8-13(17(22)24-5-2)20(10(3)9-19)15(11)14(12)18/h6-8,10H,4-5,9,19H2,1-3H3. The van der Waals surface area contributed by atoms with Crippen LogP contribution in [-0.4, -0.2) is 36.3 Å². The van der Waals surface area contributed by atoms with E-state index in [9.17, 15) is 14.0 Å². The molecule has 0 saturated heterocycles. The molecule has 0 saturated carbocycles. The largest absolute Gasteiger partial charge is 0.462 e. The van der Waals surface area contributed by atoms with Crippen LogP contribution in [0.25, 0.3) is 10.9 Å². The van der Waals surface area contributed by atoms with Gasteiger partial charge in [-0.15, -0.1) is 0 Å². The highest BCUT2D eigenvalue weighted by molar-refractivity contribution is 5.99. The van der Waals surface area contributed by atoms with E-state index in [-0.39, 0.29) is 42.6 Å². The summed E-state index contributed by atoms with van der Waals surface area (Å²) >= 11 is 0. The minimum Gasteiger partial charge on any atom is -0.462 e. The summed E-state index contributed by atoms with van der Waals surface area (Å²) in [5.74, 6) is -2.05. The third-order valence-electron chi connectivity index (χ3n) is 3.70. The molecule has 2 N–H and O–H groups in total. The smallest absolute Gasteiger partial charge is 0.354 e. The van der Waals surface area contributed by atoms with Gasteiger partial charge in [0, 0.05) is 18.0 Å². The highest BCUT2D eigenvalue weighted by Crippen LogP contribution is 2.29. The van der Waals surface area contributed by atoms with Gasteiger partial charge in [0.2, 0.25) is 0 Å². The maximum Gasteiger partial charge on any atom is 0.354 e. The molecular weight excluding hydrogens is 315 g/mol. The molecule has 130 valence electrons. The molecule has 0 aliphatic heterocycles. The zero-order valence-corrected chi connectivity index (χ0v) is 14.0. The zero-order valence-electron chi connectivity index (χ0n) is 14.0. The van der Waals surface area contributed by atoms with Gasteiger partial charge in [0.15, 0.2) is 5.82 Å². The van der Waals surface area contributed by atoms with Crippen LogP contribution in [0.1, 0.15) is 47.7 Å². The first-order valence-corrected chi connectivity index (χ1v) is 7.83. The van der Waals surface area contributed by atoms with E-state index < -0.39 is 17.8 Å². The fourth-order valence-electron chi connectivity index (χ4n) is 2.57. The number of benzene rings is 1. The summed E-state index contributed by atoms with van der Waals surface area (Å²) in [4.78, 5) is 24.1. The summed E-state index contributed by atoms with van der Waals surface area (Å²) in [6.07, 6.45) is 0. The molecule has 0 aliphatic carbocycles. The molecule has 6 nitrogen and oxygen atoms in total. The normalized spacial score (nSPS) is 12.2. The quantitative estimate of drug-likeness (QED) is 0.820. The lowest BCUT2D eigenvalue weighted by atomic mass is 10.1. The minimum atomic E-state index is -0.747. The molecular formula is C17H21FN2O4. The molecule has 0 amide bonds. The van der Waals surface area contributed by atoms with Crippen LogP contribution in [0.3, 0.4) is 0 Å². The number of esters is 2. The van der Waals surface area contributed by atoms with Gasteiger partial charge in [-0.05, 0) is 32.9 Å². The van der Waals surface area contributed by atoms with Gasteiger partial charge in [0.1, 0.15) is 5.69 Å². The second kappa shape index (κ2) is 7.44. The molecule has 1 heterocycles. The molecule has 0 bridgehead atoms. The number of fused-ring (bicyclic) bond motifs is 1. The van der Waals surface area contributed by atoms with Gasteiger partial charge in [-0.25, -0.2) is 14.0 Å². The molecule has 2 aromatic rings. The Morgan fingerprint density at radius 3 is 2.42 bits per heavy atom. The summed E-state index contributed by atoms with van der Waals surface area (Å²) in [5.41, 5.74) is 5.87. The lowest BCUT2D eigenvalue weighted by Gasteiger charge is -2.17. The zero-order chi connectivity index (χ0) is 17.9. The fraction of sp³-hybridized carbons (Fsp3) is 0.412. The van der Waals surface area contributed by atoms with Crippen molar-refractivity contribution in [3.05, 3.63) is 35.3 Å². The van der Waals surface area contributed by atoms with Crippen molar-refractivity contribution in [2.45, 2.75) is 26.8 Å². The summed E-state index contributed by atoms with van der Waals surface area (Å²) < 4.78 is 26.3. The van der Waals surface area contributed by atoms with Gasteiger partial charge < -0.3 is 19.8 Å². The van der Waals surface area contributed by atoms with Gasteiger partial charge in [0.05, 0.1) is 24.3 Å². The molecule has 0 spiro atoms. The van der Waals surface area contributed by atoms with E-state index >= 15 is 0 Å². The van der Waals surface area contributed by atoms with Crippen LogP contribution in [0.15, 0.2) is 18.2 Å². The molecule has 0 fully saturated rings. The first-order chi connectivity index (χ1) is 11.5. The molecule has 1 atom stereocenters. The third kappa shape index (κ3) is 3.12. The van der Waals surface area contributed by atoms with Crippen molar-refractivity contribution < 1.29 is 23.5 Å². The Kier molecular flexibility index (Phi) is 5.56. The van der Waals surface area contributed by atoms with Crippen molar-refractivity contribution in [3.8, 4) is 0 Å². The molecule has 24 heavy (non-hydrogen) atoms. The van der Waals surface area contributed by atoms with E-state index in [1.54, 1.807) is 26.8 Å². The molecule has 1 aromatic heterocycles. The Bertz CT molecular complexity index is 770. The van der Waals surface area contributed by atoms with E-state index in [0.717, 1.165) is 0 Å². The number of halogens is 1. The van der Waals surface area contributed by atoms with E-state index in [2.05, 4.69) is 0 Å². The average Bonchev–Trinajstić information content (AvgIpc) is 2.95. The van der Waals surface area contributed by atoms with Crippen molar-refractivity contribution in [2.24, 2.45) is 5.73 Å². The van der Waals surface area contributed by atoms with Crippen molar-refractivity contribution in [1.29, 1.82) is 0 Å². The number of hydrogen-bond donors (Lipinski definition) is 1. The number of hydrogen-bond acceptors (Lipinski definition) is 5. The van der Waals surface area contributed by atoms with Crippen LogP contribution in [0, 0.1) is 5.82 Å². The number of rotatable bonds is 6. The van der Waals surface area contributed by atoms with Crippen LogP contribution in [0.4, 0.5) is 4.39 Å². The topological polar surface area (TPSA) is 83.6 Å². The van der Waals surface area contributed by atoms with Crippen LogP contribution in [0.5, 0.6) is 0 Å². The number of carbonyl (C=O) groups excluding carboxylic acids is 2. The number of aromatic nitrogens is 1. The lowest BCUT2D eigenvalue weighted by molar-refractivity contribution is 0.0508. The summed E-state index contributed by atoms with van der Waals surface area (Å²) in [6.45, 7) is 5.64. The molecule has 7 heteroatoms. The van der Waals surface area contributed by atoms with Gasteiger partial charge in [-0.1, -0.05) is 6.07 Å². The molecule has 1 aromatic carbocycles. The summed E-state index contributed by atoms with van der Waals surface area (Å²) in [5, 5.41) is 0.490. The summed E-state index contributed by atoms with van der Waals surface area (Å²) in [6, 6.07) is 4.11. The highest BCUT2D eigenvalue weighted by atomic mass is 19.1. The molecule has 0 radical (unpaired) electrons. The van der Waals surface area contributed by atoms with Crippen LogP contribution >= 0.6 is 0 Å². The van der Waals surface area contributed by atoms with E-state index in [0.29, 0.717) is 5.39 Å².